The first-order chi connectivity index (χ1) is 21.5. The molecule has 1 aliphatic carbocycles. The van der Waals surface area contributed by atoms with Gasteiger partial charge < -0.3 is 19.6 Å². The summed E-state index contributed by atoms with van der Waals surface area (Å²) in [7, 11) is 0. The summed E-state index contributed by atoms with van der Waals surface area (Å²) in [6.45, 7) is 30.6. The van der Waals surface area contributed by atoms with Gasteiger partial charge in [-0.15, -0.1) is 11.3 Å². The summed E-state index contributed by atoms with van der Waals surface area (Å²) in [5, 5.41) is 1.34. The molecule has 44 heavy (non-hydrogen) atoms. The second-order valence-electron chi connectivity index (χ2n) is 12.0. The van der Waals surface area contributed by atoms with Crippen LogP contribution in [-0.4, -0.2) is 105 Å². The van der Waals surface area contributed by atoms with E-state index < -0.39 is 0 Å². The van der Waals surface area contributed by atoms with Crippen molar-refractivity contribution in [1.29, 1.82) is 0 Å². The van der Waals surface area contributed by atoms with Crippen molar-refractivity contribution >= 4 is 27.2 Å². The smallest absolute Gasteiger partial charge is 0.201 e. The number of fused-ring (bicyclic) bond motifs is 2. The molecule has 1 aliphatic heterocycles. The molecular weight excluding hydrogens is 561 g/mol. The number of nitrogens with zero attached hydrogens (tertiary/aromatic N) is 6. The van der Waals surface area contributed by atoms with Crippen LogP contribution in [0.1, 0.15) is 80.6 Å². The molecule has 3 rings (SSSR count). The molecule has 0 saturated heterocycles. The van der Waals surface area contributed by atoms with Crippen molar-refractivity contribution < 1.29 is 0 Å². The van der Waals surface area contributed by atoms with Crippen LogP contribution in [0.25, 0.3) is 20.8 Å². The van der Waals surface area contributed by atoms with E-state index in [1.807, 2.05) is 11.3 Å². The first-order valence-electron chi connectivity index (χ1n) is 17.8. The summed E-state index contributed by atoms with van der Waals surface area (Å²) < 4.78 is 3.91. The lowest BCUT2D eigenvalue weighted by Gasteiger charge is -2.27. The highest BCUT2D eigenvalue weighted by molar-refractivity contribution is 7.21. The minimum atomic E-state index is 1.09. The van der Waals surface area contributed by atoms with Gasteiger partial charge in [0.2, 0.25) is 5.36 Å². The standard InChI is InChI=1S/C37H63N6S/c1-8-15-26-42(27-16-23-39(9-2)10-3)32-19-21-34-36(30-32)44-37-31-33(20-22-35(37)38-34)43(28-17-24-40(11-4)12-5)29-18-25-41(13-6)14-7/h19-22,30-31H,8-18,23-29H2,1-7H3/q+1. The van der Waals surface area contributed by atoms with Crippen LogP contribution in [-0.2, 0) is 0 Å². The number of hydrogen-bond acceptors (Lipinski definition) is 6. The Kier molecular flexibility index (Phi) is 16.7. The Bertz CT molecular complexity index is 1220. The maximum atomic E-state index is 5.12. The van der Waals surface area contributed by atoms with Gasteiger partial charge in [-0.05, 0) is 82.9 Å². The second-order valence-corrected chi connectivity index (χ2v) is 13.1. The molecule has 0 saturated carbocycles. The zero-order chi connectivity index (χ0) is 31.7. The van der Waals surface area contributed by atoms with Crippen molar-refractivity contribution in [3.05, 3.63) is 41.8 Å². The minimum absolute atomic E-state index is 1.09. The first kappa shape index (κ1) is 36.4. The number of benzene rings is 2. The fourth-order valence-electron chi connectivity index (χ4n) is 6.16. The van der Waals surface area contributed by atoms with Crippen LogP contribution in [0, 0.1) is 0 Å². The van der Waals surface area contributed by atoms with E-state index in [1.54, 1.807) is 0 Å². The largest absolute Gasteiger partial charge is 0.371 e. The molecule has 0 fully saturated rings. The highest BCUT2D eigenvalue weighted by Crippen LogP contribution is 2.32. The van der Waals surface area contributed by atoms with Crippen LogP contribution in [0.15, 0.2) is 36.4 Å². The average molecular weight is 624 g/mol. The average Bonchev–Trinajstić information content (AvgIpc) is 3.06. The van der Waals surface area contributed by atoms with Crippen LogP contribution in [0.3, 0.4) is 0 Å². The summed E-state index contributed by atoms with van der Waals surface area (Å²) >= 11 is 1.91. The van der Waals surface area contributed by atoms with E-state index in [2.05, 4.69) is 109 Å². The molecule has 0 N–H and O–H groups in total. The Labute approximate surface area is 273 Å². The Balaban J connectivity index is 1.92. The van der Waals surface area contributed by atoms with Crippen LogP contribution >= 0.6 is 11.3 Å². The summed E-state index contributed by atoms with van der Waals surface area (Å²) in [6.07, 6.45) is 6.03. The van der Waals surface area contributed by atoms with Crippen LogP contribution in [0.4, 0.5) is 5.69 Å². The molecule has 1 aromatic rings. The van der Waals surface area contributed by atoms with E-state index in [4.69, 9.17) is 4.98 Å². The van der Waals surface area contributed by atoms with E-state index in [0.29, 0.717) is 0 Å². The summed E-state index contributed by atoms with van der Waals surface area (Å²) in [6, 6.07) is 13.9. The quantitative estimate of drug-likeness (QED) is 0.0890. The van der Waals surface area contributed by atoms with E-state index in [-0.39, 0.29) is 0 Å². The van der Waals surface area contributed by atoms with Crippen molar-refractivity contribution in [1.82, 2.24) is 24.3 Å². The van der Waals surface area contributed by atoms with Crippen molar-refractivity contribution in [2.45, 2.75) is 80.6 Å². The van der Waals surface area contributed by atoms with Crippen molar-refractivity contribution in [3.63, 3.8) is 0 Å². The Morgan fingerprint density at radius 2 is 1.18 bits per heavy atom. The van der Waals surface area contributed by atoms with Gasteiger partial charge in [0.15, 0.2) is 0 Å². The molecule has 1 heterocycles. The van der Waals surface area contributed by atoms with Gasteiger partial charge in [-0.2, -0.15) is 0 Å². The van der Waals surface area contributed by atoms with Crippen molar-refractivity contribution in [2.75, 3.05) is 90.0 Å². The van der Waals surface area contributed by atoms with Crippen molar-refractivity contribution in [2.24, 2.45) is 0 Å². The molecule has 0 atom stereocenters. The third kappa shape index (κ3) is 11.1. The van der Waals surface area contributed by atoms with E-state index in [0.717, 1.165) is 89.7 Å². The molecule has 0 unspecified atom stereocenters. The molecule has 1 aromatic carbocycles. The fourth-order valence-corrected chi connectivity index (χ4v) is 7.19. The zero-order valence-electron chi connectivity index (χ0n) is 29.3. The van der Waals surface area contributed by atoms with E-state index in [9.17, 15) is 0 Å². The zero-order valence-corrected chi connectivity index (χ0v) is 30.1. The highest BCUT2D eigenvalue weighted by Gasteiger charge is 2.15. The molecule has 7 heteroatoms. The topological polar surface area (TPSA) is 28.9 Å². The molecule has 2 aliphatic rings. The molecule has 0 radical (unpaired) electrons. The molecule has 0 bridgehead atoms. The SMILES string of the molecule is CCCCN(CCCN(CC)CC)c1ccc2nc3ccc(=[N+](CCCN(CC)CC)CCCN(CC)CC)cc-3sc2c1. The van der Waals surface area contributed by atoms with Crippen LogP contribution < -0.4 is 14.8 Å². The predicted molar refractivity (Wildman–Crippen MR) is 196 cm³/mol. The first-order valence-corrected chi connectivity index (χ1v) is 18.7. The molecule has 0 aromatic heterocycles. The van der Waals surface area contributed by atoms with E-state index in [1.165, 1.54) is 59.3 Å². The third-order valence-electron chi connectivity index (χ3n) is 9.25. The lowest BCUT2D eigenvalue weighted by molar-refractivity contribution is 0.284. The number of unbranched alkanes of at least 4 members (excludes halogenated alkanes) is 1. The fraction of sp³-hybridized carbons (Fsp3) is 0.676. The van der Waals surface area contributed by atoms with Gasteiger partial charge >= 0.3 is 0 Å². The highest BCUT2D eigenvalue weighted by atomic mass is 32.1. The van der Waals surface area contributed by atoms with Gasteiger partial charge in [-0.3, -0.25) is 0 Å². The summed E-state index contributed by atoms with van der Waals surface area (Å²) in [5.41, 5.74) is 3.55. The molecular formula is C37H63N6S+. The Morgan fingerprint density at radius 1 is 0.614 bits per heavy atom. The molecule has 6 nitrogen and oxygen atoms in total. The van der Waals surface area contributed by atoms with Gasteiger partial charge in [-0.1, -0.05) is 54.9 Å². The molecule has 0 amide bonds. The number of hydrogen-bond donors (Lipinski definition) is 0. The number of aromatic nitrogens is 1. The van der Waals surface area contributed by atoms with Gasteiger partial charge in [0.25, 0.3) is 0 Å². The Morgan fingerprint density at radius 3 is 1.75 bits per heavy atom. The lowest BCUT2D eigenvalue weighted by Crippen LogP contribution is -2.36. The number of rotatable bonds is 22. The summed E-state index contributed by atoms with van der Waals surface area (Å²) in [5.74, 6) is 0. The normalized spacial score (nSPS) is 12.0. The maximum Gasteiger partial charge on any atom is 0.201 e. The third-order valence-corrected chi connectivity index (χ3v) is 10.3. The van der Waals surface area contributed by atoms with E-state index >= 15 is 0 Å². The summed E-state index contributed by atoms with van der Waals surface area (Å²) in [4.78, 5) is 16.6. The van der Waals surface area contributed by atoms with Gasteiger partial charge in [-0.25, -0.2) is 9.56 Å². The second kappa shape index (κ2) is 20.1. The van der Waals surface area contributed by atoms with Crippen LogP contribution in [0.5, 0.6) is 0 Å². The minimum Gasteiger partial charge on any atom is -0.371 e. The van der Waals surface area contributed by atoms with Gasteiger partial charge in [0, 0.05) is 56.8 Å². The van der Waals surface area contributed by atoms with Gasteiger partial charge in [0.1, 0.15) is 13.1 Å². The monoisotopic (exact) mass is 623 g/mol. The van der Waals surface area contributed by atoms with Crippen LogP contribution in [0.2, 0.25) is 0 Å². The van der Waals surface area contributed by atoms with Gasteiger partial charge in [0.05, 0.1) is 20.8 Å². The maximum absolute atomic E-state index is 5.12. The molecule has 0 spiro atoms. The molecule has 246 valence electrons. The van der Waals surface area contributed by atoms with Crippen molar-refractivity contribution in [3.8, 4) is 10.6 Å². The lowest BCUT2D eigenvalue weighted by atomic mass is 10.2. The number of anilines is 1. The Hall–Kier alpha value is -2.06. The predicted octanol–water partition coefficient (Wildman–Crippen LogP) is 6.98.